The lowest BCUT2D eigenvalue weighted by Gasteiger charge is -2.17. The molecule has 108 valence electrons. The molecule has 0 saturated carbocycles. The van der Waals surface area contributed by atoms with Crippen LogP contribution in [0.15, 0.2) is 33.7 Å². The van der Waals surface area contributed by atoms with E-state index in [1.165, 1.54) is 5.56 Å². The number of benzene rings is 1. The van der Waals surface area contributed by atoms with Gasteiger partial charge < -0.3 is 15.4 Å². The largest absolute Gasteiger partial charge is 0.383 e. The van der Waals surface area contributed by atoms with Gasteiger partial charge in [0.05, 0.1) is 6.61 Å². The van der Waals surface area contributed by atoms with Gasteiger partial charge in [0.1, 0.15) is 0 Å². The molecule has 0 amide bonds. The van der Waals surface area contributed by atoms with Crippen molar-refractivity contribution < 1.29 is 4.74 Å². The fraction of sp³-hybridized carbons (Fsp3) is 0.462. The predicted molar refractivity (Wildman–Crippen MR) is 94.2 cm³/mol. The fourth-order valence-corrected chi connectivity index (χ4v) is 1.77. The SMILES string of the molecule is CN=C(NCc1ccc(Br)cc1)NC(C)COC.I. The van der Waals surface area contributed by atoms with Crippen LogP contribution in [0.3, 0.4) is 0 Å². The molecular weight excluding hydrogens is 421 g/mol. The minimum atomic E-state index is 0. The average Bonchev–Trinajstić information content (AvgIpc) is 2.36. The van der Waals surface area contributed by atoms with Gasteiger partial charge in [0, 0.05) is 31.2 Å². The summed E-state index contributed by atoms with van der Waals surface area (Å²) < 4.78 is 6.16. The van der Waals surface area contributed by atoms with E-state index >= 15 is 0 Å². The van der Waals surface area contributed by atoms with Gasteiger partial charge >= 0.3 is 0 Å². The van der Waals surface area contributed by atoms with E-state index in [0.717, 1.165) is 17.0 Å². The molecule has 0 aliphatic carbocycles. The molecule has 19 heavy (non-hydrogen) atoms. The van der Waals surface area contributed by atoms with E-state index in [-0.39, 0.29) is 30.0 Å². The number of nitrogens with one attached hydrogen (secondary N) is 2. The number of rotatable bonds is 5. The van der Waals surface area contributed by atoms with Crippen LogP contribution in [-0.2, 0) is 11.3 Å². The maximum absolute atomic E-state index is 5.07. The summed E-state index contributed by atoms with van der Waals surface area (Å²) in [7, 11) is 3.45. The molecule has 1 aromatic rings. The molecule has 0 aromatic heterocycles. The highest BCUT2D eigenvalue weighted by Gasteiger charge is 2.04. The topological polar surface area (TPSA) is 45.7 Å². The first-order valence-electron chi connectivity index (χ1n) is 5.86. The van der Waals surface area contributed by atoms with Gasteiger partial charge in [-0.05, 0) is 24.6 Å². The Labute approximate surface area is 140 Å². The summed E-state index contributed by atoms with van der Waals surface area (Å²) in [5, 5.41) is 6.52. The highest BCUT2D eigenvalue weighted by molar-refractivity contribution is 14.0. The van der Waals surface area contributed by atoms with Gasteiger partial charge in [-0.1, -0.05) is 28.1 Å². The van der Waals surface area contributed by atoms with Gasteiger partial charge in [-0.15, -0.1) is 24.0 Å². The van der Waals surface area contributed by atoms with Crippen LogP contribution >= 0.6 is 39.9 Å². The molecule has 0 fully saturated rings. The van der Waals surface area contributed by atoms with Gasteiger partial charge in [-0.2, -0.15) is 0 Å². The second-order valence-electron chi connectivity index (χ2n) is 4.05. The maximum atomic E-state index is 5.07. The van der Waals surface area contributed by atoms with E-state index < -0.39 is 0 Å². The van der Waals surface area contributed by atoms with Crippen molar-refractivity contribution in [2.75, 3.05) is 20.8 Å². The molecule has 0 radical (unpaired) electrons. The van der Waals surface area contributed by atoms with Crippen LogP contribution in [0.4, 0.5) is 0 Å². The van der Waals surface area contributed by atoms with E-state index in [2.05, 4.69) is 50.6 Å². The Morgan fingerprint density at radius 1 is 1.37 bits per heavy atom. The van der Waals surface area contributed by atoms with Crippen molar-refractivity contribution in [1.29, 1.82) is 0 Å². The van der Waals surface area contributed by atoms with E-state index in [4.69, 9.17) is 4.74 Å². The summed E-state index contributed by atoms with van der Waals surface area (Å²) in [5.74, 6) is 0.780. The number of ether oxygens (including phenoxy) is 1. The van der Waals surface area contributed by atoms with Gasteiger partial charge in [-0.3, -0.25) is 4.99 Å². The van der Waals surface area contributed by atoms with Crippen molar-refractivity contribution >= 4 is 45.9 Å². The molecule has 4 nitrogen and oxygen atoms in total. The van der Waals surface area contributed by atoms with Crippen LogP contribution in [-0.4, -0.2) is 32.8 Å². The van der Waals surface area contributed by atoms with Crippen LogP contribution in [0, 0.1) is 0 Å². The van der Waals surface area contributed by atoms with Crippen molar-refractivity contribution in [2.24, 2.45) is 4.99 Å². The number of guanidine groups is 1. The summed E-state index contributed by atoms with van der Waals surface area (Å²) in [6.45, 7) is 3.45. The lowest BCUT2D eigenvalue weighted by atomic mass is 10.2. The first-order valence-corrected chi connectivity index (χ1v) is 6.65. The molecule has 0 saturated heterocycles. The van der Waals surface area contributed by atoms with Crippen molar-refractivity contribution in [1.82, 2.24) is 10.6 Å². The van der Waals surface area contributed by atoms with Gasteiger partial charge in [0.15, 0.2) is 5.96 Å². The molecule has 1 unspecified atom stereocenters. The van der Waals surface area contributed by atoms with Gasteiger partial charge in [0.25, 0.3) is 0 Å². The Morgan fingerprint density at radius 2 is 2.00 bits per heavy atom. The minimum absolute atomic E-state index is 0. The maximum Gasteiger partial charge on any atom is 0.191 e. The Balaban J connectivity index is 0.00000324. The third-order valence-corrected chi connectivity index (χ3v) is 2.93. The summed E-state index contributed by atoms with van der Waals surface area (Å²) in [4.78, 5) is 4.17. The second kappa shape index (κ2) is 10.4. The van der Waals surface area contributed by atoms with Crippen LogP contribution in [0.1, 0.15) is 12.5 Å². The molecule has 6 heteroatoms. The molecule has 1 atom stereocenters. The van der Waals surface area contributed by atoms with Crippen molar-refractivity contribution in [3.63, 3.8) is 0 Å². The number of aliphatic imine (C=N–C) groups is 1. The zero-order valence-corrected chi connectivity index (χ0v) is 15.4. The Hall–Kier alpha value is -0.340. The van der Waals surface area contributed by atoms with Crippen molar-refractivity contribution in [2.45, 2.75) is 19.5 Å². The Bertz CT molecular complexity index is 384. The van der Waals surface area contributed by atoms with Gasteiger partial charge in [0.2, 0.25) is 0 Å². The number of methoxy groups -OCH3 is 1. The summed E-state index contributed by atoms with van der Waals surface area (Å²) in [5.41, 5.74) is 1.21. The standard InChI is InChI=1S/C13H20BrN3O.HI/c1-10(9-18-3)17-13(15-2)16-8-11-4-6-12(14)7-5-11;/h4-7,10H,8-9H2,1-3H3,(H2,15,16,17);1H. The molecule has 0 spiro atoms. The molecule has 1 rings (SSSR count). The Kier molecular flexibility index (Phi) is 10.3. The van der Waals surface area contributed by atoms with Crippen LogP contribution in [0.25, 0.3) is 0 Å². The lowest BCUT2D eigenvalue weighted by Crippen LogP contribution is -2.43. The summed E-state index contributed by atoms with van der Waals surface area (Å²) >= 11 is 3.42. The Morgan fingerprint density at radius 3 is 2.53 bits per heavy atom. The number of hydrogen-bond donors (Lipinski definition) is 2. The average molecular weight is 442 g/mol. The lowest BCUT2D eigenvalue weighted by molar-refractivity contribution is 0.179. The zero-order valence-electron chi connectivity index (χ0n) is 11.4. The monoisotopic (exact) mass is 441 g/mol. The third kappa shape index (κ3) is 7.74. The van der Waals surface area contributed by atoms with Crippen molar-refractivity contribution in [3.05, 3.63) is 34.3 Å². The van der Waals surface area contributed by atoms with Crippen LogP contribution in [0.2, 0.25) is 0 Å². The van der Waals surface area contributed by atoms with Crippen LogP contribution in [0.5, 0.6) is 0 Å². The highest BCUT2D eigenvalue weighted by atomic mass is 127. The predicted octanol–water partition coefficient (Wildman–Crippen LogP) is 2.77. The highest BCUT2D eigenvalue weighted by Crippen LogP contribution is 2.10. The molecule has 1 aromatic carbocycles. The van der Waals surface area contributed by atoms with Crippen LogP contribution < -0.4 is 10.6 Å². The quantitative estimate of drug-likeness (QED) is 0.419. The molecular formula is C13H21BrIN3O. The molecule has 2 N–H and O–H groups in total. The molecule has 0 aliphatic heterocycles. The number of hydrogen-bond acceptors (Lipinski definition) is 2. The van der Waals surface area contributed by atoms with Crippen molar-refractivity contribution in [3.8, 4) is 0 Å². The molecule has 0 heterocycles. The van der Waals surface area contributed by atoms with E-state index in [9.17, 15) is 0 Å². The summed E-state index contributed by atoms with van der Waals surface area (Å²) in [6, 6.07) is 8.43. The van der Waals surface area contributed by atoms with Gasteiger partial charge in [-0.25, -0.2) is 0 Å². The minimum Gasteiger partial charge on any atom is -0.383 e. The number of nitrogens with zero attached hydrogens (tertiary/aromatic N) is 1. The normalized spacial score (nSPS) is 12.5. The smallest absolute Gasteiger partial charge is 0.191 e. The first-order chi connectivity index (χ1) is 8.65. The molecule has 0 aliphatic rings. The second-order valence-corrected chi connectivity index (χ2v) is 4.97. The van der Waals surface area contributed by atoms with E-state index in [1.54, 1.807) is 14.2 Å². The summed E-state index contributed by atoms with van der Waals surface area (Å²) in [6.07, 6.45) is 0. The van der Waals surface area contributed by atoms with E-state index in [1.807, 2.05) is 12.1 Å². The fourth-order valence-electron chi connectivity index (χ4n) is 1.51. The molecule has 0 bridgehead atoms. The number of halogens is 2. The van der Waals surface area contributed by atoms with E-state index in [0.29, 0.717) is 6.61 Å². The first kappa shape index (κ1) is 18.7. The third-order valence-electron chi connectivity index (χ3n) is 2.40. The zero-order chi connectivity index (χ0) is 13.4.